The lowest BCUT2D eigenvalue weighted by Gasteiger charge is -2.12. The summed E-state index contributed by atoms with van der Waals surface area (Å²) in [7, 11) is 0. The number of allylic oxidation sites excluding steroid dienone is 1. The van der Waals surface area contributed by atoms with E-state index in [2.05, 4.69) is 6.58 Å². The zero-order chi connectivity index (χ0) is 11.1. The number of hydrogen-bond donors (Lipinski definition) is 0. The van der Waals surface area contributed by atoms with Gasteiger partial charge in [-0.1, -0.05) is 44.1 Å². The van der Waals surface area contributed by atoms with Crippen LogP contribution in [0.3, 0.4) is 0 Å². The summed E-state index contributed by atoms with van der Waals surface area (Å²) in [4.78, 5) is 11.7. The molecule has 0 bridgehead atoms. The van der Waals surface area contributed by atoms with Crippen molar-refractivity contribution in [2.24, 2.45) is 5.92 Å². The first-order valence-corrected chi connectivity index (χ1v) is 6.34. The third kappa shape index (κ3) is 5.76. The molecule has 0 aromatic rings. The molecule has 1 saturated carbocycles. The van der Waals surface area contributed by atoms with Gasteiger partial charge in [-0.25, -0.2) is 0 Å². The third-order valence-electron chi connectivity index (χ3n) is 3.32. The van der Waals surface area contributed by atoms with E-state index >= 15 is 0 Å². The fourth-order valence-electron chi connectivity index (χ4n) is 2.34. The largest absolute Gasteiger partial charge is 0.300 e. The van der Waals surface area contributed by atoms with Gasteiger partial charge in [-0.3, -0.25) is 4.79 Å². The van der Waals surface area contributed by atoms with Gasteiger partial charge in [0.1, 0.15) is 5.78 Å². The summed E-state index contributed by atoms with van der Waals surface area (Å²) in [5.74, 6) is 1.13. The molecule has 0 atom stereocenters. The number of carbonyl (C=O) groups is 1. The Morgan fingerprint density at radius 2 is 1.73 bits per heavy atom. The second kappa shape index (κ2) is 6.81. The standard InChI is InChI=1S/C14H24O/c1-12(2)9-10-14(15)11-13-7-5-3-4-6-8-13/h13H,1,3-11H2,2H3. The Morgan fingerprint density at radius 3 is 2.27 bits per heavy atom. The Morgan fingerprint density at radius 1 is 1.13 bits per heavy atom. The van der Waals surface area contributed by atoms with Crippen molar-refractivity contribution in [1.29, 1.82) is 0 Å². The number of carbonyl (C=O) groups excluding carboxylic acids is 1. The molecule has 0 aromatic heterocycles. The highest BCUT2D eigenvalue weighted by Crippen LogP contribution is 2.26. The van der Waals surface area contributed by atoms with E-state index in [1.54, 1.807) is 0 Å². The van der Waals surface area contributed by atoms with E-state index < -0.39 is 0 Å². The van der Waals surface area contributed by atoms with Crippen molar-refractivity contribution in [3.8, 4) is 0 Å². The minimum absolute atomic E-state index is 0.449. The highest BCUT2D eigenvalue weighted by molar-refractivity contribution is 5.78. The molecule has 1 rings (SSSR count). The zero-order valence-electron chi connectivity index (χ0n) is 10.1. The molecule has 0 aliphatic heterocycles. The fourth-order valence-corrected chi connectivity index (χ4v) is 2.34. The SMILES string of the molecule is C=C(C)CCC(=O)CC1CCCCCC1. The molecule has 1 aliphatic carbocycles. The molecule has 0 saturated heterocycles. The van der Waals surface area contributed by atoms with Gasteiger partial charge in [-0.15, -0.1) is 6.58 Å². The molecule has 1 nitrogen and oxygen atoms in total. The van der Waals surface area contributed by atoms with Gasteiger partial charge in [-0.2, -0.15) is 0 Å². The second-order valence-corrected chi connectivity index (χ2v) is 5.06. The van der Waals surface area contributed by atoms with E-state index in [0.717, 1.165) is 18.4 Å². The molecule has 0 heterocycles. The molecular formula is C14H24O. The predicted molar refractivity (Wildman–Crippen MR) is 64.9 cm³/mol. The molecule has 0 N–H and O–H groups in total. The number of Topliss-reactive ketones (excluding diaryl/α,β-unsaturated/α-hetero) is 1. The summed E-state index contributed by atoms with van der Waals surface area (Å²) in [5, 5.41) is 0. The van der Waals surface area contributed by atoms with Gasteiger partial charge in [0.25, 0.3) is 0 Å². The first-order chi connectivity index (χ1) is 7.18. The third-order valence-corrected chi connectivity index (χ3v) is 3.32. The number of hydrogen-bond acceptors (Lipinski definition) is 1. The Hall–Kier alpha value is -0.590. The van der Waals surface area contributed by atoms with Gasteiger partial charge in [0.2, 0.25) is 0 Å². The molecular weight excluding hydrogens is 184 g/mol. The first-order valence-electron chi connectivity index (χ1n) is 6.34. The highest BCUT2D eigenvalue weighted by Gasteiger charge is 2.15. The van der Waals surface area contributed by atoms with Crippen molar-refractivity contribution >= 4 is 5.78 Å². The van der Waals surface area contributed by atoms with E-state index in [4.69, 9.17) is 0 Å². The van der Waals surface area contributed by atoms with Crippen LogP contribution in [0.5, 0.6) is 0 Å². The van der Waals surface area contributed by atoms with Crippen molar-refractivity contribution in [3.63, 3.8) is 0 Å². The highest BCUT2D eigenvalue weighted by atomic mass is 16.1. The van der Waals surface area contributed by atoms with Crippen molar-refractivity contribution in [3.05, 3.63) is 12.2 Å². The van der Waals surface area contributed by atoms with Crippen LogP contribution >= 0.6 is 0 Å². The van der Waals surface area contributed by atoms with E-state index in [1.807, 2.05) is 6.92 Å². The molecule has 0 amide bonds. The Balaban J connectivity index is 2.20. The van der Waals surface area contributed by atoms with Crippen molar-refractivity contribution < 1.29 is 4.79 Å². The van der Waals surface area contributed by atoms with Crippen LogP contribution < -0.4 is 0 Å². The quantitative estimate of drug-likeness (QED) is 0.487. The van der Waals surface area contributed by atoms with Crippen LogP contribution in [-0.4, -0.2) is 5.78 Å². The molecule has 0 unspecified atom stereocenters. The molecule has 86 valence electrons. The number of ketones is 1. The summed E-state index contributed by atoms with van der Waals surface area (Å²) in [6.45, 7) is 5.84. The van der Waals surface area contributed by atoms with E-state index in [0.29, 0.717) is 18.1 Å². The van der Waals surface area contributed by atoms with Crippen molar-refractivity contribution in [1.82, 2.24) is 0 Å². The maximum absolute atomic E-state index is 11.7. The molecule has 15 heavy (non-hydrogen) atoms. The van der Waals surface area contributed by atoms with Gasteiger partial charge in [0.05, 0.1) is 0 Å². The van der Waals surface area contributed by atoms with Crippen LogP contribution in [0.1, 0.15) is 64.7 Å². The minimum Gasteiger partial charge on any atom is -0.300 e. The zero-order valence-corrected chi connectivity index (χ0v) is 10.1. The van der Waals surface area contributed by atoms with E-state index in [1.165, 1.54) is 38.5 Å². The Labute approximate surface area is 93.9 Å². The first kappa shape index (κ1) is 12.5. The summed E-state index contributed by atoms with van der Waals surface area (Å²) >= 11 is 0. The lowest BCUT2D eigenvalue weighted by atomic mass is 9.92. The van der Waals surface area contributed by atoms with Crippen LogP contribution in [0.4, 0.5) is 0 Å². The van der Waals surface area contributed by atoms with Crippen LogP contribution in [0.15, 0.2) is 12.2 Å². The number of rotatable bonds is 5. The molecule has 1 fully saturated rings. The molecule has 1 heteroatoms. The summed E-state index contributed by atoms with van der Waals surface area (Å²) in [5.41, 5.74) is 1.13. The monoisotopic (exact) mass is 208 g/mol. The molecule has 1 aliphatic rings. The van der Waals surface area contributed by atoms with Gasteiger partial charge >= 0.3 is 0 Å². The molecule has 0 spiro atoms. The van der Waals surface area contributed by atoms with Crippen molar-refractivity contribution in [2.75, 3.05) is 0 Å². The van der Waals surface area contributed by atoms with E-state index in [-0.39, 0.29) is 0 Å². The van der Waals surface area contributed by atoms with Gasteiger partial charge < -0.3 is 0 Å². The van der Waals surface area contributed by atoms with Crippen molar-refractivity contribution in [2.45, 2.75) is 64.7 Å². The van der Waals surface area contributed by atoms with Crippen LogP contribution in [0.2, 0.25) is 0 Å². The van der Waals surface area contributed by atoms with Gasteiger partial charge in [-0.05, 0) is 19.3 Å². The Bertz CT molecular complexity index is 209. The average Bonchev–Trinajstić information content (AvgIpc) is 2.43. The maximum Gasteiger partial charge on any atom is 0.133 e. The van der Waals surface area contributed by atoms with Gasteiger partial charge in [0, 0.05) is 12.8 Å². The van der Waals surface area contributed by atoms with Crippen LogP contribution in [0.25, 0.3) is 0 Å². The lowest BCUT2D eigenvalue weighted by molar-refractivity contribution is -0.120. The predicted octanol–water partition coefficient (Wildman–Crippen LogP) is 4.27. The Kier molecular flexibility index (Phi) is 5.67. The fraction of sp³-hybridized carbons (Fsp3) is 0.786. The average molecular weight is 208 g/mol. The molecule has 0 radical (unpaired) electrons. The smallest absolute Gasteiger partial charge is 0.133 e. The normalized spacial score (nSPS) is 18.5. The van der Waals surface area contributed by atoms with E-state index in [9.17, 15) is 4.79 Å². The van der Waals surface area contributed by atoms with Gasteiger partial charge in [0.15, 0.2) is 0 Å². The summed E-state index contributed by atoms with van der Waals surface area (Å²) < 4.78 is 0. The lowest BCUT2D eigenvalue weighted by Crippen LogP contribution is -2.07. The van der Waals surface area contributed by atoms with Crippen LogP contribution in [-0.2, 0) is 4.79 Å². The van der Waals surface area contributed by atoms with Crippen LogP contribution in [0, 0.1) is 5.92 Å². The second-order valence-electron chi connectivity index (χ2n) is 5.06. The minimum atomic E-state index is 0.449. The topological polar surface area (TPSA) is 17.1 Å². The summed E-state index contributed by atoms with van der Waals surface area (Å²) in [6.07, 6.45) is 10.4. The summed E-state index contributed by atoms with van der Waals surface area (Å²) in [6, 6.07) is 0. The molecule has 0 aromatic carbocycles. The maximum atomic E-state index is 11.7.